The lowest BCUT2D eigenvalue weighted by atomic mass is 10.2. The maximum atomic E-state index is 13.3. The molecule has 0 amide bonds. The van der Waals surface area contributed by atoms with Gasteiger partial charge in [-0.05, 0) is 9.91 Å². The van der Waals surface area contributed by atoms with Crippen LogP contribution in [0.25, 0.3) is 0 Å². The average molecular weight is 285 g/mol. The van der Waals surface area contributed by atoms with Crippen molar-refractivity contribution in [1.29, 1.82) is 0 Å². The Morgan fingerprint density at radius 1 is 1.60 bits per heavy atom. The van der Waals surface area contributed by atoms with Gasteiger partial charge in [-0.2, -0.15) is 0 Å². The van der Waals surface area contributed by atoms with Crippen LogP contribution in [0.1, 0.15) is 17.6 Å². The molecule has 1 aromatic rings. The van der Waals surface area contributed by atoms with Crippen molar-refractivity contribution in [3.63, 3.8) is 0 Å². The number of aromatic nitrogens is 1. The number of alkyl halides is 3. The van der Waals surface area contributed by atoms with Gasteiger partial charge in [0, 0.05) is 5.33 Å². The van der Waals surface area contributed by atoms with Crippen LogP contribution >= 0.6 is 15.9 Å². The largest absolute Gasteiger partial charge is 0.370 e. The Bertz CT molecular complexity index is 400. The number of hydrogen-bond acceptors (Lipinski definition) is 3. The SMILES string of the molecule is O=[N+]([O-])c1ncc(C(F)F)c(F)c1CBr. The number of halogens is 4. The average Bonchev–Trinajstić information content (AvgIpc) is 2.16. The zero-order valence-electron chi connectivity index (χ0n) is 7.08. The Labute approximate surface area is 90.4 Å². The molecule has 15 heavy (non-hydrogen) atoms. The smallest absolute Gasteiger partial charge is 0.358 e. The highest BCUT2D eigenvalue weighted by Gasteiger charge is 2.26. The first kappa shape index (κ1) is 11.9. The van der Waals surface area contributed by atoms with Crippen molar-refractivity contribution < 1.29 is 18.1 Å². The molecule has 0 aliphatic heterocycles. The first-order valence-electron chi connectivity index (χ1n) is 3.64. The summed E-state index contributed by atoms with van der Waals surface area (Å²) in [6, 6.07) is 0. The predicted molar refractivity (Wildman–Crippen MR) is 48.4 cm³/mol. The normalized spacial score (nSPS) is 10.7. The molecule has 0 aliphatic rings. The second kappa shape index (κ2) is 4.56. The van der Waals surface area contributed by atoms with Crippen LogP contribution in [0.4, 0.5) is 19.0 Å². The van der Waals surface area contributed by atoms with E-state index in [1.54, 1.807) is 0 Å². The number of nitro groups is 1. The van der Waals surface area contributed by atoms with E-state index in [-0.39, 0.29) is 5.33 Å². The fourth-order valence-electron chi connectivity index (χ4n) is 0.966. The topological polar surface area (TPSA) is 56.0 Å². The number of rotatable bonds is 3. The highest BCUT2D eigenvalue weighted by atomic mass is 79.9. The molecule has 4 nitrogen and oxygen atoms in total. The molecule has 0 aromatic carbocycles. The van der Waals surface area contributed by atoms with Gasteiger partial charge in [-0.15, -0.1) is 0 Å². The quantitative estimate of drug-likeness (QED) is 0.487. The van der Waals surface area contributed by atoms with Gasteiger partial charge >= 0.3 is 5.82 Å². The molecule has 0 spiro atoms. The third-order valence-corrected chi connectivity index (χ3v) is 2.22. The van der Waals surface area contributed by atoms with Crippen molar-refractivity contribution in [3.8, 4) is 0 Å². The van der Waals surface area contributed by atoms with Gasteiger partial charge in [-0.1, -0.05) is 15.9 Å². The minimum atomic E-state index is -3.05. The molecule has 0 atom stereocenters. The second-order valence-electron chi connectivity index (χ2n) is 2.52. The van der Waals surface area contributed by atoms with Crippen LogP contribution in [0.2, 0.25) is 0 Å². The molecule has 1 aromatic heterocycles. The summed E-state index contributed by atoms with van der Waals surface area (Å²) in [6.45, 7) is 0. The fraction of sp³-hybridized carbons (Fsp3) is 0.286. The lowest BCUT2D eigenvalue weighted by molar-refractivity contribution is -0.390. The molecule has 82 valence electrons. The van der Waals surface area contributed by atoms with E-state index < -0.39 is 34.1 Å². The van der Waals surface area contributed by atoms with Crippen molar-refractivity contribution in [1.82, 2.24) is 4.98 Å². The fourth-order valence-corrected chi connectivity index (χ4v) is 1.46. The molecule has 0 fully saturated rings. The third-order valence-electron chi connectivity index (χ3n) is 1.66. The molecular weight excluding hydrogens is 281 g/mol. The van der Waals surface area contributed by atoms with E-state index in [1.165, 1.54) is 0 Å². The molecule has 0 radical (unpaired) electrons. The Morgan fingerprint density at radius 2 is 2.20 bits per heavy atom. The Kier molecular flexibility index (Phi) is 3.61. The maximum absolute atomic E-state index is 13.3. The summed E-state index contributed by atoms with van der Waals surface area (Å²) in [5.74, 6) is -2.04. The van der Waals surface area contributed by atoms with Gasteiger partial charge in [0.25, 0.3) is 6.43 Å². The molecule has 1 rings (SSSR count). The van der Waals surface area contributed by atoms with E-state index in [0.717, 1.165) is 0 Å². The van der Waals surface area contributed by atoms with Crippen LogP contribution in [0, 0.1) is 15.9 Å². The molecule has 0 saturated heterocycles. The Hall–Kier alpha value is -1.18. The monoisotopic (exact) mass is 284 g/mol. The van der Waals surface area contributed by atoms with E-state index in [9.17, 15) is 23.3 Å². The van der Waals surface area contributed by atoms with Gasteiger partial charge in [-0.25, -0.2) is 13.2 Å². The molecule has 0 aliphatic carbocycles. The van der Waals surface area contributed by atoms with E-state index in [2.05, 4.69) is 20.9 Å². The summed E-state index contributed by atoms with van der Waals surface area (Å²) in [5.41, 5.74) is -1.41. The highest BCUT2D eigenvalue weighted by Crippen LogP contribution is 2.29. The van der Waals surface area contributed by atoms with Crippen LogP contribution in [0.5, 0.6) is 0 Å². The molecule has 0 bridgehead atoms. The van der Waals surface area contributed by atoms with Crippen molar-refractivity contribution in [3.05, 3.63) is 33.3 Å². The van der Waals surface area contributed by atoms with Gasteiger partial charge < -0.3 is 10.1 Å². The van der Waals surface area contributed by atoms with Crippen LogP contribution in [0.3, 0.4) is 0 Å². The summed E-state index contributed by atoms with van der Waals surface area (Å²) in [6.07, 6.45) is -2.57. The minimum Gasteiger partial charge on any atom is -0.358 e. The molecular formula is C7H4BrF3N2O2. The van der Waals surface area contributed by atoms with Gasteiger partial charge in [0.2, 0.25) is 0 Å². The first-order chi connectivity index (χ1) is 6.99. The summed E-state index contributed by atoms with van der Waals surface area (Å²) in [7, 11) is 0. The predicted octanol–water partition coefficient (Wildman–Crippen LogP) is 2.96. The molecule has 8 heteroatoms. The summed E-state index contributed by atoms with van der Waals surface area (Å²) in [4.78, 5) is 12.6. The zero-order valence-corrected chi connectivity index (χ0v) is 8.67. The van der Waals surface area contributed by atoms with Crippen molar-refractivity contribution >= 4 is 21.7 Å². The maximum Gasteiger partial charge on any atom is 0.370 e. The number of hydrogen-bond donors (Lipinski definition) is 0. The van der Waals surface area contributed by atoms with Crippen LogP contribution < -0.4 is 0 Å². The standard InChI is InChI=1S/C7H4BrF3N2O2/c8-1-3-5(9)4(6(10)11)2-12-7(3)13(14)15/h2,6H,1H2. The summed E-state index contributed by atoms with van der Waals surface area (Å²) >= 11 is 2.78. The first-order valence-corrected chi connectivity index (χ1v) is 4.77. The molecule has 0 unspecified atom stereocenters. The second-order valence-corrected chi connectivity index (χ2v) is 3.08. The lowest BCUT2D eigenvalue weighted by Gasteiger charge is -2.04. The third kappa shape index (κ3) is 2.25. The number of pyridine rings is 1. The van der Waals surface area contributed by atoms with E-state index in [1.807, 2.05) is 0 Å². The lowest BCUT2D eigenvalue weighted by Crippen LogP contribution is -2.04. The molecule has 1 heterocycles. The molecule has 0 saturated carbocycles. The van der Waals surface area contributed by atoms with Crippen molar-refractivity contribution in [2.24, 2.45) is 0 Å². The van der Waals surface area contributed by atoms with Crippen LogP contribution in [-0.4, -0.2) is 9.91 Å². The van der Waals surface area contributed by atoms with Gasteiger partial charge in [0.1, 0.15) is 5.82 Å². The summed E-state index contributed by atoms with van der Waals surface area (Å²) < 4.78 is 37.7. The highest BCUT2D eigenvalue weighted by molar-refractivity contribution is 9.08. The van der Waals surface area contributed by atoms with E-state index in [0.29, 0.717) is 6.20 Å². The Balaban J connectivity index is 3.39. The van der Waals surface area contributed by atoms with Crippen molar-refractivity contribution in [2.45, 2.75) is 11.8 Å². The zero-order chi connectivity index (χ0) is 11.6. The number of nitrogens with zero attached hydrogens (tertiary/aromatic N) is 2. The van der Waals surface area contributed by atoms with Gasteiger partial charge in [0.15, 0.2) is 6.20 Å². The van der Waals surface area contributed by atoms with Gasteiger partial charge in [-0.3, -0.25) is 0 Å². The van der Waals surface area contributed by atoms with E-state index in [4.69, 9.17) is 0 Å². The van der Waals surface area contributed by atoms with Crippen molar-refractivity contribution in [2.75, 3.05) is 0 Å². The van der Waals surface area contributed by atoms with E-state index >= 15 is 0 Å². The van der Waals surface area contributed by atoms with Crippen LogP contribution in [-0.2, 0) is 5.33 Å². The Morgan fingerprint density at radius 3 is 2.60 bits per heavy atom. The van der Waals surface area contributed by atoms with Gasteiger partial charge in [0.05, 0.1) is 11.1 Å². The van der Waals surface area contributed by atoms with Crippen LogP contribution in [0.15, 0.2) is 6.20 Å². The molecule has 0 N–H and O–H groups in total. The minimum absolute atomic E-state index is 0.247. The summed E-state index contributed by atoms with van der Waals surface area (Å²) in [5, 5.41) is 10.1.